The topological polar surface area (TPSA) is 71.2 Å². The lowest BCUT2D eigenvalue weighted by molar-refractivity contribution is 0.199. The van der Waals surface area contributed by atoms with Gasteiger partial charge in [-0.25, -0.2) is 9.97 Å². The van der Waals surface area contributed by atoms with E-state index in [-0.39, 0.29) is 24.1 Å². The van der Waals surface area contributed by atoms with Gasteiger partial charge < -0.3 is 14.8 Å². The lowest BCUT2D eigenvalue weighted by Crippen LogP contribution is -2.38. The zero-order chi connectivity index (χ0) is 16.6. The maximum Gasteiger partial charge on any atom is 0.245 e. The van der Waals surface area contributed by atoms with Crippen molar-refractivity contribution >= 4 is 11.2 Å². The van der Waals surface area contributed by atoms with E-state index in [9.17, 15) is 5.11 Å². The second kappa shape index (κ2) is 6.21. The summed E-state index contributed by atoms with van der Waals surface area (Å²) >= 11 is 0. The minimum Gasteiger partial charge on any atom is -0.441 e. The van der Waals surface area contributed by atoms with E-state index in [2.05, 4.69) is 38.0 Å². The molecule has 2 aromatic heterocycles. The second-order valence-electron chi connectivity index (χ2n) is 7.76. The lowest BCUT2D eigenvalue weighted by Gasteiger charge is -2.24. The minimum atomic E-state index is -0.0550. The summed E-state index contributed by atoms with van der Waals surface area (Å²) < 4.78 is 5.82. The molecule has 2 aromatic rings. The molecule has 3 heterocycles. The fourth-order valence-electron chi connectivity index (χ4n) is 3.19. The van der Waals surface area contributed by atoms with E-state index in [0.717, 1.165) is 36.2 Å². The molecule has 23 heavy (non-hydrogen) atoms. The van der Waals surface area contributed by atoms with Crippen LogP contribution in [0.15, 0.2) is 16.7 Å². The summed E-state index contributed by atoms with van der Waals surface area (Å²) in [6.45, 7) is 8.70. The Morgan fingerprint density at radius 3 is 2.83 bits per heavy atom. The van der Waals surface area contributed by atoms with Gasteiger partial charge in [0, 0.05) is 17.5 Å². The van der Waals surface area contributed by atoms with Crippen molar-refractivity contribution in [2.45, 2.75) is 64.5 Å². The average molecular weight is 317 g/mol. The SMILES string of the molecule is C[C@@H]1CCC[C@@H](c2cnc3oc(C(C)(C)C)cc3n2)N[C@H]1CO. The zero-order valence-corrected chi connectivity index (χ0v) is 14.5. The standard InChI is InChI=1S/C18H27N3O2/c1-11-6-5-7-12(20-15(11)10-22)14-9-19-17-13(21-14)8-16(23-17)18(2,3)4/h8-9,11-12,15,20,22H,5-7,10H2,1-4H3/t11-,12+,15+/m1/s1. The monoisotopic (exact) mass is 317 g/mol. The predicted octanol–water partition coefficient (Wildman–Crippen LogP) is 3.33. The van der Waals surface area contributed by atoms with Crippen LogP contribution >= 0.6 is 0 Å². The highest BCUT2D eigenvalue weighted by atomic mass is 16.3. The molecular weight excluding hydrogens is 290 g/mol. The zero-order valence-electron chi connectivity index (χ0n) is 14.5. The van der Waals surface area contributed by atoms with Crippen molar-refractivity contribution in [2.75, 3.05) is 6.61 Å². The summed E-state index contributed by atoms with van der Waals surface area (Å²) in [5.74, 6) is 1.38. The fourth-order valence-corrected chi connectivity index (χ4v) is 3.19. The van der Waals surface area contributed by atoms with Crippen molar-refractivity contribution in [1.29, 1.82) is 0 Å². The molecule has 5 heteroatoms. The fraction of sp³-hybridized carbons (Fsp3) is 0.667. The number of furan rings is 1. The van der Waals surface area contributed by atoms with Gasteiger partial charge >= 0.3 is 0 Å². The summed E-state index contributed by atoms with van der Waals surface area (Å²) in [6, 6.07) is 2.26. The quantitative estimate of drug-likeness (QED) is 0.889. The van der Waals surface area contributed by atoms with Gasteiger partial charge in [-0.15, -0.1) is 0 Å². The Labute approximate surface area is 137 Å². The number of fused-ring (bicyclic) bond motifs is 1. The third kappa shape index (κ3) is 3.40. The van der Waals surface area contributed by atoms with Crippen LogP contribution in [-0.2, 0) is 5.41 Å². The van der Waals surface area contributed by atoms with Gasteiger partial charge in [0.05, 0.1) is 24.5 Å². The van der Waals surface area contributed by atoms with Crippen LogP contribution in [0.4, 0.5) is 0 Å². The lowest BCUT2D eigenvalue weighted by atomic mass is 9.93. The number of nitrogens with one attached hydrogen (secondary N) is 1. The van der Waals surface area contributed by atoms with Crippen LogP contribution in [0, 0.1) is 5.92 Å². The van der Waals surface area contributed by atoms with Crippen LogP contribution in [-0.4, -0.2) is 27.7 Å². The molecule has 5 nitrogen and oxygen atoms in total. The number of hydrogen-bond donors (Lipinski definition) is 2. The third-order valence-corrected chi connectivity index (χ3v) is 4.80. The molecule has 3 atom stereocenters. The van der Waals surface area contributed by atoms with E-state index >= 15 is 0 Å². The summed E-state index contributed by atoms with van der Waals surface area (Å²) in [5, 5.41) is 13.2. The molecule has 1 aliphatic rings. The molecule has 1 aliphatic heterocycles. The number of nitrogens with zero attached hydrogens (tertiary/aromatic N) is 2. The largest absolute Gasteiger partial charge is 0.441 e. The normalized spacial score (nSPS) is 26.4. The molecule has 0 aliphatic carbocycles. The van der Waals surface area contributed by atoms with Crippen LogP contribution in [0.1, 0.15) is 64.5 Å². The highest BCUT2D eigenvalue weighted by molar-refractivity contribution is 5.69. The van der Waals surface area contributed by atoms with Gasteiger partial charge in [0.1, 0.15) is 11.3 Å². The number of aliphatic hydroxyl groups is 1. The van der Waals surface area contributed by atoms with E-state index in [1.165, 1.54) is 0 Å². The summed E-state index contributed by atoms with van der Waals surface area (Å²) in [5.41, 5.74) is 2.29. The first-order valence-electron chi connectivity index (χ1n) is 8.52. The summed E-state index contributed by atoms with van der Waals surface area (Å²) in [7, 11) is 0. The van der Waals surface area contributed by atoms with Crippen LogP contribution in [0.2, 0.25) is 0 Å². The van der Waals surface area contributed by atoms with Crippen LogP contribution < -0.4 is 5.32 Å². The van der Waals surface area contributed by atoms with E-state index < -0.39 is 0 Å². The second-order valence-corrected chi connectivity index (χ2v) is 7.76. The Balaban J connectivity index is 1.90. The summed E-state index contributed by atoms with van der Waals surface area (Å²) in [4.78, 5) is 9.23. The third-order valence-electron chi connectivity index (χ3n) is 4.80. The van der Waals surface area contributed by atoms with Gasteiger partial charge in [-0.2, -0.15) is 0 Å². The van der Waals surface area contributed by atoms with Gasteiger partial charge in [0.25, 0.3) is 0 Å². The smallest absolute Gasteiger partial charge is 0.245 e. The molecule has 1 saturated heterocycles. The van der Waals surface area contributed by atoms with Crippen molar-refractivity contribution in [3.63, 3.8) is 0 Å². The van der Waals surface area contributed by atoms with Gasteiger partial charge in [-0.1, -0.05) is 34.1 Å². The average Bonchev–Trinajstić information content (AvgIpc) is 2.84. The van der Waals surface area contributed by atoms with Crippen LogP contribution in [0.3, 0.4) is 0 Å². The predicted molar refractivity (Wildman–Crippen MR) is 90.3 cm³/mol. The molecule has 2 N–H and O–H groups in total. The van der Waals surface area contributed by atoms with Crippen molar-refractivity contribution in [3.8, 4) is 0 Å². The number of aliphatic hydroxyl groups excluding tert-OH is 1. The summed E-state index contributed by atoms with van der Waals surface area (Å²) in [6.07, 6.45) is 5.09. The highest BCUT2D eigenvalue weighted by Crippen LogP contribution is 2.30. The van der Waals surface area contributed by atoms with Crippen molar-refractivity contribution in [1.82, 2.24) is 15.3 Å². The molecule has 0 saturated carbocycles. The van der Waals surface area contributed by atoms with E-state index in [1.54, 1.807) is 6.20 Å². The Morgan fingerprint density at radius 1 is 1.35 bits per heavy atom. The minimum absolute atomic E-state index is 0.0550. The first-order chi connectivity index (χ1) is 10.9. The molecule has 0 bridgehead atoms. The molecule has 0 aromatic carbocycles. The number of hydrogen-bond acceptors (Lipinski definition) is 5. The van der Waals surface area contributed by atoms with Crippen LogP contribution in [0.5, 0.6) is 0 Å². The first-order valence-corrected chi connectivity index (χ1v) is 8.52. The Bertz CT molecular complexity index is 674. The number of rotatable bonds is 2. The highest BCUT2D eigenvalue weighted by Gasteiger charge is 2.27. The van der Waals surface area contributed by atoms with E-state index in [0.29, 0.717) is 11.6 Å². The van der Waals surface area contributed by atoms with Crippen molar-refractivity contribution in [3.05, 3.63) is 23.7 Å². The number of aromatic nitrogens is 2. The molecule has 0 radical (unpaired) electrons. The van der Waals surface area contributed by atoms with E-state index in [1.807, 2.05) is 6.07 Å². The molecule has 0 amide bonds. The van der Waals surface area contributed by atoms with Gasteiger partial charge in [-0.3, -0.25) is 0 Å². The Hall–Kier alpha value is -1.46. The van der Waals surface area contributed by atoms with Gasteiger partial charge in [0.2, 0.25) is 5.71 Å². The molecule has 0 spiro atoms. The molecule has 0 unspecified atom stereocenters. The van der Waals surface area contributed by atoms with Gasteiger partial charge in [-0.05, 0) is 18.8 Å². The molecule has 3 rings (SSSR count). The maximum absolute atomic E-state index is 9.60. The first kappa shape index (κ1) is 16.4. The Kier molecular flexibility index (Phi) is 4.43. The van der Waals surface area contributed by atoms with E-state index in [4.69, 9.17) is 9.40 Å². The molecule has 1 fully saturated rings. The van der Waals surface area contributed by atoms with Crippen molar-refractivity contribution < 1.29 is 9.52 Å². The van der Waals surface area contributed by atoms with Crippen LogP contribution in [0.25, 0.3) is 11.2 Å². The van der Waals surface area contributed by atoms with Gasteiger partial charge in [0.15, 0.2) is 0 Å². The molecular formula is C18H27N3O2. The maximum atomic E-state index is 9.60. The molecule has 126 valence electrons. The Morgan fingerprint density at radius 2 is 2.13 bits per heavy atom. The van der Waals surface area contributed by atoms with Crippen molar-refractivity contribution in [2.24, 2.45) is 5.92 Å².